The van der Waals surface area contributed by atoms with E-state index in [0.717, 1.165) is 27.6 Å². The molecule has 0 saturated carbocycles. The van der Waals surface area contributed by atoms with Gasteiger partial charge in [0.2, 0.25) is 0 Å². The van der Waals surface area contributed by atoms with Crippen molar-refractivity contribution >= 4 is 21.9 Å². The molecule has 3 rings (SSSR count). The van der Waals surface area contributed by atoms with Crippen molar-refractivity contribution in [1.29, 1.82) is 0 Å². The molecule has 74 valence electrons. The topological polar surface area (TPSA) is 35.3 Å². The number of oxazole rings is 1. The third kappa shape index (κ3) is 1.16. The predicted octanol–water partition coefficient (Wildman–Crippen LogP) is 2.99. The lowest BCUT2D eigenvalue weighted by atomic mass is 10.1. The molecule has 15 heavy (non-hydrogen) atoms. The SMILES string of the molecule is COc1cccc2cc3ocnc3cc12. The quantitative estimate of drug-likeness (QED) is 0.604. The van der Waals surface area contributed by atoms with Gasteiger partial charge in [-0.2, -0.15) is 0 Å². The zero-order chi connectivity index (χ0) is 10.3. The number of methoxy groups -OCH3 is 1. The predicted molar refractivity (Wildman–Crippen MR) is 58.1 cm³/mol. The van der Waals surface area contributed by atoms with E-state index in [2.05, 4.69) is 4.98 Å². The van der Waals surface area contributed by atoms with E-state index >= 15 is 0 Å². The smallest absolute Gasteiger partial charge is 0.181 e. The fourth-order valence-corrected chi connectivity index (χ4v) is 1.78. The summed E-state index contributed by atoms with van der Waals surface area (Å²) in [5, 5.41) is 2.15. The second-order valence-corrected chi connectivity index (χ2v) is 3.35. The Morgan fingerprint density at radius 3 is 3.07 bits per heavy atom. The van der Waals surface area contributed by atoms with E-state index in [4.69, 9.17) is 9.15 Å². The Hall–Kier alpha value is -2.03. The number of aromatic nitrogens is 1. The van der Waals surface area contributed by atoms with Gasteiger partial charge < -0.3 is 9.15 Å². The second-order valence-electron chi connectivity index (χ2n) is 3.35. The van der Waals surface area contributed by atoms with Gasteiger partial charge in [-0.25, -0.2) is 4.98 Å². The van der Waals surface area contributed by atoms with Crippen LogP contribution in [0.25, 0.3) is 21.9 Å². The molecule has 0 fully saturated rings. The minimum absolute atomic E-state index is 0.802. The zero-order valence-electron chi connectivity index (χ0n) is 8.23. The first-order chi connectivity index (χ1) is 7.38. The van der Waals surface area contributed by atoms with Crippen molar-refractivity contribution in [3.8, 4) is 5.75 Å². The molecule has 1 aromatic heterocycles. The highest BCUT2D eigenvalue weighted by Gasteiger charge is 2.05. The third-order valence-electron chi connectivity index (χ3n) is 2.51. The average molecular weight is 199 g/mol. The lowest BCUT2D eigenvalue weighted by Crippen LogP contribution is -1.84. The standard InChI is InChI=1S/C12H9NO2/c1-14-11-4-2-3-8-5-12-10(6-9(8)11)13-7-15-12/h2-7H,1H3. The highest BCUT2D eigenvalue weighted by Crippen LogP contribution is 2.28. The van der Waals surface area contributed by atoms with Crippen LogP contribution in [0.3, 0.4) is 0 Å². The summed E-state index contributed by atoms with van der Waals surface area (Å²) in [6, 6.07) is 9.88. The molecule has 3 heteroatoms. The van der Waals surface area contributed by atoms with Crippen LogP contribution in [-0.4, -0.2) is 12.1 Å². The monoisotopic (exact) mass is 199 g/mol. The van der Waals surface area contributed by atoms with Gasteiger partial charge in [0.05, 0.1) is 7.11 Å². The molecule has 0 amide bonds. The van der Waals surface area contributed by atoms with Gasteiger partial charge in [0, 0.05) is 5.39 Å². The molecule has 0 aliphatic carbocycles. The maximum Gasteiger partial charge on any atom is 0.181 e. The van der Waals surface area contributed by atoms with Crippen molar-refractivity contribution in [1.82, 2.24) is 4.98 Å². The first-order valence-corrected chi connectivity index (χ1v) is 4.68. The zero-order valence-corrected chi connectivity index (χ0v) is 8.23. The van der Waals surface area contributed by atoms with Gasteiger partial charge in [-0.1, -0.05) is 12.1 Å². The summed E-state index contributed by atoms with van der Waals surface area (Å²) in [5.74, 6) is 0.859. The molecule has 0 aliphatic rings. The Kier molecular flexibility index (Phi) is 1.65. The van der Waals surface area contributed by atoms with Crippen molar-refractivity contribution in [3.63, 3.8) is 0 Å². The van der Waals surface area contributed by atoms with E-state index in [9.17, 15) is 0 Å². The van der Waals surface area contributed by atoms with Crippen LogP contribution < -0.4 is 4.74 Å². The van der Waals surface area contributed by atoms with E-state index in [1.165, 1.54) is 6.39 Å². The van der Waals surface area contributed by atoms with Crippen LogP contribution in [0, 0.1) is 0 Å². The van der Waals surface area contributed by atoms with Gasteiger partial charge in [-0.3, -0.25) is 0 Å². The fourth-order valence-electron chi connectivity index (χ4n) is 1.78. The molecule has 3 nitrogen and oxygen atoms in total. The molecule has 0 unspecified atom stereocenters. The van der Waals surface area contributed by atoms with Gasteiger partial charge in [0.1, 0.15) is 11.3 Å². The minimum Gasteiger partial charge on any atom is -0.496 e. The Labute approximate surface area is 86.3 Å². The normalized spacial score (nSPS) is 11.0. The molecule has 0 spiro atoms. The van der Waals surface area contributed by atoms with Gasteiger partial charge >= 0.3 is 0 Å². The Bertz CT molecular complexity index is 628. The van der Waals surface area contributed by atoms with E-state index in [1.54, 1.807) is 7.11 Å². The van der Waals surface area contributed by atoms with Gasteiger partial charge in [-0.05, 0) is 23.6 Å². The lowest BCUT2D eigenvalue weighted by molar-refractivity contribution is 0.420. The van der Waals surface area contributed by atoms with E-state index in [0.29, 0.717) is 0 Å². The molecule has 0 saturated heterocycles. The fraction of sp³-hybridized carbons (Fsp3) is 0.0833. The van der Waals surface area contributed by atoms with Crippen LogP contribution in [0.5, 0.6) is 5.75 Å². The van der Waals surface area contributed by atoms with Crippen LogP contribution in [0.2, 0.25) is 0 Å². The number of fused-ring (bicyclic) bond motifs is 2. The van der Waals surface area contributed by atoms with E-state index in [-0.39, 0.29) is 0 Å². The molecule has 3 aromatic rings. The lowest BCUT2D eigenvalue weighted by Gasteiger charge is -2.04. The molecule has 0 radical (unpaired) electrons. The Morgan fingerprint density at radius 1 is 1.27 bits per heavy atom. The second kappa shape index (κ2) is 2.98. The summed E-state index contributed by atoms with van der Waals surface area (Å²) < 4.78 is 10.5. The summed E-state index contributed by atoms with van der Waals surface area (Å²) in [4.78, 5) is 4.12. The van der Waals surface area contributed by atoms with Crippen molar-refractivity contribution in [2.75, 3.05) is 7.11 Å². The summed E-state index contributed by atoms with van der Waals surface area (Å²) >= 11 is 0. The summed E-state index contributed by atoms with van der Waals surface area (Å²) in [6.07, 6.45) is 1.45. The van der Waals surface area contributed by atoms with Crippen molar-refractivity contribution in [2.45, 2.75) is 0 Å². The number of nitrogens with zero attached hydrogens (tertiary/aromatic N) is 1. The molecule has 0 N–H and O–H groups in total. The van der Waals surface area contributed by atoms with Crippen LogP contribution in [-0.2, 0) is 0 Å². The molecule has 0 atom stereocenters. The minimum atomic E-state index is 0.802. The number of ether oxygens (including phenoxy) is 1. The summed E-state index contributed by atoms with van der Waals surface area (Å²) in [7, 11) is 1.67. The average Bonchev–Trinajstić information content (AvgIpc) is 2.72. The number of benzene rings is 2. The number of hydrogen-bond donors (Lipinski definition) is 0. The van der Waals surface area contributed by atoms with Crippen molar-refractivity contribution < 1.29 is 9.15 Å². The molecule has 1 heterocycles. The van der Waals surface area contributed by atoms with Gasteiger partial charge in [0.25, 0.3) is 0 Å². The summed E-state index contributed by atoms with van der Waals surface area (Å²) in [6.45, 7) is 0. The van der Waals surface area contributed by atoms with Crippen LogP contribution in [0.1, 0.15) is 0 Å². The molecule has 0 bridgehead atoms. The first-order valence-electron chi connectivity index (χ1n) is 4.68. The first kappa shape index (κ1) is 8.29. The van der Waals surface area contributed by atoms with Crippen molar-refractivity contribution in [3.05, 3.63) is 36.7 Å². The maximum atomic E-state index is 5.29. The van der Waals surface area contributed by atoms with Gasteiger partial charge in [-0.15, -0.1) is 0 Å². The van der Waals surface area contributed by atoms with Crippen LogP contribution in [0.4, 0.5) is 0 Å². The largest absolute Gasteiger partial charge is 0.496 e. The van der Waals surface area contributed by atoms with Crippen molar-refractivity contribution in [2.24, 2.45) is 0 Å². The highest BCUT2D eigenvalue weighted by molar-refractivity contribution is 5.97. The number of hydrogen-bond acceptors (Lipinski definition) is 3. The molecule has 2 aromatic carbocycles. The maximum absolute atomic E-state index is 5.29. The van der Waals surface area contributed by atoms with Crippen LogP contribution in [0.15, 0.2) is 41.1 Å². The van der Waals surface area contributed by atoms with Crippen LogP contribution >= 0.6 is 0 Å². The highest BCUT2D eigenvalue weighted by atomic mass is 16.5. The Balaban J connectivity index is 2.48. The molecular formula is C12H9NO2. The Morgan fingerprint density at radius 2 is 2.20 bits per heavy atom. The third-order valence-corrected chi connectivity index (χ3v) is 2.51. The summed E-state index contributed by atoms with van der Waals surface area (Å²) in [5.41, 5.74) is 1.66. The van der Waals surface area contributed by atoms with E-state index < -0.39 is 0 Å². The van der Waals surface area contributed by atoms with Gasteiger partial charge in [0.15, 0.2) is 12.0 Å². The van der Waals surface area contributed by atoms with E-state index in [1.807, 2.05) is 30.3 Å². The number of rotatable bonds is 1. The molecule has 0 aliphatic heterocycles. The molecular weight excluding hydrogens is 190 g/mol.